The first-order chi connectivity index (χ1) is 13.3. The molecule has 1 heterocycles. The topological polar surface area (TPSA) is 122 Å². The van der Waals surface area contributed by atoms with Crippen molar-refractivity contribution in [3.8, 4) is 5.75 Å². The zero-order valence-corrected chi connectivity index (χ0v) is 15.6. The Labute approximate surface area is 165 Å². The van der Waals surface area contributed by atoms with Gasteiger partial charge >= 0.3 is 0 Å². The fourth-order valence-corrected chi connectivity index (χ4v) is 3.56. The number of nitro groups is 2. The number of phenols is 1. The Hall–Kier alpha value is -2.91. The molecule has 3 rings (SSSR count). The zero-order valence-electron chi connectivity index (χ0n) is 14.9. The number of halogens is 1. The second kappa shape index (κ2) is 8.41. The summed E-state index contributed by atoms with van der Waals surface area (Å²) in [5.41, 5.74) is 0.334. The van der Waals surface area contributed by atoms with Gasteiger partial charge in [0.25, 0.3) is 11.4 Å². The summed E-state index contributed by atoms with van der Waals surface area (Å²) >= 11 is 6.00. The van der Waals surface area contributed by atoms with Crippen LogP contribution in [0.1, 0.15) is 18.4 Å². The van der Waals surface area contributed by atoms with E-state index >= 15 is 0 Å². The molecule has 0 radical (unpaired) electrons. The number of aromatic hydroxyl groups is 1. The SMILES string of the molecule is O=[N+]([O-])c1ccc(N[C@H]2CCCN(Cc3cc(Cl)ccc3O)C2)c([N+](=O)[O-])c1. The van der Waals surface area contributed by atoms with E-state index in [0.29, 0.717) is 18.1 Å². The largest absolute Gasteiger partial charge is 0.508 e. The molecular weight excluding hydrogens is 388 g/mol. The Morgan fingerprint density at radius 1 is 1.18 bits per heavy atom. The minimum absolute atomic E-state index is 0.0600. The minimum atomic E-state index is -0.656. The fourth-order valence-electron chi connectivity index (χ4n) is 3.37. The monoisotopic (exact) mass is 406 g/mol. The summed E-state index contributed by atoms with van der Waals surface area (Å²) < 4.78 is 0. The summed E-state index contributed by atoms with van der Waals surface area (Å²) in [6.45, 7) is 1.94. The van der Waals surface area contributed by atoms with Crippen LogP contribution in [-0.2, 0) is 6.54 Å². The molecule has 2 N–H and O–H groups in total. The summed E-state index contributed by atoms with van der Waals surface area (Å²) in [6, 6.07) is 8.42. The van der Waals surface area contributed by atoms with Gasteiger partial charge in [-0.1, -0.05) is 11.6 Å². The average Bonchev–Trinajstić information content (AvgIpc) is 2.65. The molecule has 1 aliphatic rings. The van der Waals surface area contributed by atoms with Crippen LogP contribution in [-0.4, -0.2) is 39.0 Å². The fraction of sp³-hybridized carbons (Fsp3) is 0.333. The smallest absolute Gasteiger partial charge is 0.299 e. The van der Waals surface area contributed by atoms with Gasteiger partial charge in [0.15, 0.2) is 0 Å². The van der Waals surface area contributed by atoms with Gasteiger partial charge in [0.2, 0.25) is 0 Å². The second-order valence-corrected chi connectivity index (χ2v) is 7.14. The minimum Gasteiger partial charge on any atom is -0.508 e. The van der Waals surface area contributed by atoms with Crippen LogP contribution in [0.25, 0.3) is 0 Å². The molecule has 9 nitrogen and oxygen atoms in total. The molecule has 0 saturated carbocycles. The number of benzene rings is 2. The maximum Gasteiger partial charge on any atom is 0.299 e. The second-order valence-electron chi connectivity index (χ2n) is 6.71. The predicted octanol–water partition coefficient (Wildman–Crippen LogP) is 3.94. The number of likely N-dealkylation sites (tertiary alicyclic amines) is 1. The normalized spacial score (nSPS) is 17.2. The molecule has 1 atom stereocenters. The number of hydrogen-bond donors (Lipinski definition) is 2. The van der Waals surface area contributed by atoms with Crippen molar-refractivity contribution in [2.75, 3.05) is 18.4 Å². The van der Waals surface area contributed by atoms with Crippen molar-refractivity contribution < 1.29 is 15.0 Å². The van der Waals surface area contributed by atoms with Crippen LogP contribution in [0.3, 0.4) is 0 Å². The van der Waals surface area contributed by atoms with E-state index in [1.807, 2.05) is 0 Å². The lowest BCUT2D eigenvalue weighted by molar-refractivity contribution is -0.393. The number of hydrogen-bond acceptors (Lipinski definition) is 7. The Bertz CT molecular complexity index is 908. The van der Waals surface area contributed by atoms with Gasteiger partial charge in [0.1, 0.15) is 11.4 Å². The Kier molecular flexibility index (Phi) is 5.96. The van der Waals surface area contributed by atoms with Gasteiger partial charge in [0, 0.05) is 35.8 Å². The Balaban J connectivity index is 1.72. The van der Waals surface area contributed by atoms with E-state index in [4.69, 9.17) is 11.6 Å². The average molecular weight is 407 g/mol. The maximum atomic E-state index is 11.3. The van der Waals surface area contributed by atoms with Crippen molar-refractivity contribution in [1.29, 1.82) is 0 Å². The molecule has 0 aromatic heterocycles. The van der Waals surface area contributed by atoms with E-state index in [-0.39, 0.29) is 28.9 Å². The highest BCUT2D eigenvalue weighted by molar-refractivity contribution is 6.30. The molecule has 1 saturated heterocycles. The third-order valence-electron chi connectivity index (χ3n) is 4.69. The Morgan fingerprint density at radius 3 is 2.68 bits per heavy atom. The summed E-state index contributed by atoms with van der Waals surface area (Å²) in [5.74, 6) is 0.172. The first kappa shape index (κ1) is 19.8. The number of rotatable bonds is 6. The van der Waals surface area contributed by atoms with Crippen molar-refractivity contribution in [3.05, 3.63) is 67.2 Å². The standard InChI is InChI=1S/C18H19ClN4O5/c19-13-3-6-18(24)12(8-13)10-21-7-1-2-14(11-21)20-16-5-4-15(22(25)26)9-17(16)23(27)28/h3-6,8-9,14,20,24H,1-2,7,10-11H2/t14-/m0/s1. The third-order valence-corrected chi connectivity index (χ3v) is 4.92. The van der Waals surface area contributed by atoms with Gasteiger partial charge in [-0.15, -0.1) is 0 Å². The molecule has 0 amide bonds. The first-order valence-electron chi connectivity index (χ1n) is 8.72. The molecule has 0 bridgehead atoms. The van der Waals surface area contributed by atoms with Crippen molar-refractivity contribution in [3.63, 3.8) is 0 Å². The van der Waals surface area contributed by atoms with Crippen molar-refractivity contribution in [2.45, 2.75) is 25.4 Å². The van der Waals surface area contributed by atoms with Crippen LogP contribution in [0.15, 0.2) is 36.4 Å². The summed E-state index contributed by atoms with van der Waals surface area (Å²) in [7, 11) is 0. The van der Waals surface area contributed by atoms with Gasteiger partial charge in [0.05, 0.1) is 15.9 Å². The number of anilines is 1. The number of phenolic OH excluding ortho intramolecular Hbond substituents is 1. The van der Waals surface area contributed by atoms with E-state index in [1.165, 1.54) is 12.1 Å². The lowest BCUT2D eigenvalue weighted by Gasteiger charge is -2.33. The molecule has 1 aliphatic heterocycles. The first-order valence-corrected chi connectivity index (χ1v) is 9.10. The van der Waals surface area contributed by atoms with Crippen LogP contribution in [0.4, 0.5) is 17.1 Å². The highest BCUT2D eigenvalue weighted by atomic mass is 35.5. The molecular formula is C18H19ClN4O5. The molecule has 1 fully saturated rings. The highest BCUT2D eigenvalue weighted by Crippen LogP contribution is 2.31. The van der Waals surface area contributed by atoms with Crippen LogP contribution in [0.2, 0.25) is 5.02 Å². The number of piperidine rings is 1. The zero-order chi connectivity index (χ0) is 20.3. The van der Waals surface area contributed by atoms with Crippen LogP contribution in [0.5, 0.6) is 5.75 Å². The lowest BCUT2D eigenvalue weighted by Crippen LogP contribution is -2.41. The summed E-state index contributed by atoms with van der Waals surface area (Å²) in [6.07, 6.45) is 1.69. The molecule has 28 heavy (non-hydrogen) atoms. The van der Waals surface area contributed by atoms with Gasteiger partial charge in [-0.2, -0.15) is 0 Å². The van der Waals surface area contributed by atoms with Gasteiger partial charge in [-0.25, -0.2) is 0 Å². The van der Waals surface area contributed by atoms with E-state index in [1.54, 1.807) is 18.2 Å². The molecule has 0 aliphatic carbocycles. The number of nitrogens with zero attached hydrogens (tertiary/aromatic N) is 3. The molecule has 0 unspecified atom stereocenters. The Morgan fingerprint density at radius 2 is 1.96 bits per heavy atom. The molecule has 10 heteroatoms. The van der Waals surface area contributed by atoms with Gasteiger partial charge < -0.3 is 10.4 Å². The van der Waals surface area contributed by atoms with Gasteiger partial charge in [-0.05, 0) is 43.7 Å². The van der Waals surface area contributed by atoms with E-state index in [0.717, 1.165) is 31.0 Å². The van der Waals surface area contributed by atoms with Crippen molar-refractivity contribution in [2.24, 2.45) is 0 Å². The van der Waals surface area contributed by atoms with Crippen molar-refractivity contribution in [1.82, 2.24) is 4.90 Å². The molecule has 2 aromatic rings. The van der Waals surface area contributed by atoms with Crippen LogP contribution < -0.4 is 5.32 Å². The summed E-state index contributed by atoms with van der Waals surface area (Å²) in [5, 5.41) is 35.9. The molecule has 148 valence electrons. The number of nitro benzene ring substituents is 2. The van der Waals surface area contributed by atoms with E-state index in [9.17, 15) is 25.3 Å². The quantitative estimate of drug-likeness (QED) is 0.550. The lowest BCUT2D eigenvalue weighted by atomic mass is 10.0. The maximum absolute atomic E-state index is 11.3. The number of non-ortho nitro benzene ring substituents is 1. The van der Waals surface area contributed by atoms with E-state index in [2.05, 4.69) is 10.2 Å². The molecule has 0 spiro atoms. The van der Waals surface area contributed by atoms with Gasteiger partial charge in [-0.3, -0.25) is 25.1 Å². The van der Waals surface area contributed by atoms with Crippen molar-refractivity contribution >= 4 is 28.7 Å². The molecule has 2 aromatic carbocycles. The van der Waals surface area contributed by atoms with Crippen LogP contribution in [0, 0.1) is 20.2 Å². The third kappa shape index (κ3) is 4.68. The van der Waals surface area contributed by atoms with E-state index < -0.39 is 9.85 Å². The number of nitrogens with one attached hydrogen (secondary N) is 1. The predicted molar refractivity (Wildman–Crippen MR) is 105 cm³/mol. The van der Waals surface area contributed by atoms with Crippen LogP contribution >= 0.6 is 11.6 Å². The summed E-state index contributed by atoms with van der Waals surface area (Å²) in [4.78, 5) is 23.0. The highest BCUT2D eigenvalue weighted by Gasteiger charge is 2.25.